The summed E-state index contributed by atoms with van der Waals surface area (Å²) in [6.45, 7) is 3.63. The van der Waals surface area contributed by atoms with Gasteiger partial charge in [0.15, 0.2) is 28.4 Å². The van der Waals surface area contributed by atoms with E-state index >= 15 is 0 Å². The summed E-state index contributed by atoms with van der Waals surface area (Å²) in [6, 6.07) is 26.5. The van der Waals surface area contributed by atoms with Crippen LogP contribution in [0.25, 0.3) is 50.7 Å². The van der Waals surface area contributed by atoms with Crippen LogP contribution in [0.15, 0.2) is 123 Å². The number of nitrogens with zero attached hydrogens (tertiary/aromatic N) is 12. The highest BCUT2D eigenvalue weighted by molar-refractivity contribution is 6.05. The van der Waals surface area contributed by atoms with Crippen molar-refractivity contribution in [2.75, 3.05) is 21.3 Å². The third-order valence-corrected chi connectivity index (χ3v) is 12.6. The number of benzene rings is 2. The van der Waals surface area contributed by atoms with E-state index in [-0.39, 0.29) is 11.6 Å². The number of imidazole rings is 2. The summed E-state index contributed by atoms with van der Waals surface area (Å²) in [4.78, 5) is 73.9. The second-order valence-corrected chi connectivity index (χ2v) is 17.4. The molecule has 8 aromatic heterocycles. The van der Waals surface area contributed by atoms with Crippen molar-refractivity contribution in [1.29, 1.82) is 10.5 Å². The molecule has 23 heteroatoms. The monoisotopic (exact) mass is 1000 g/mol. The Bertz CT molecular complexity index is 4040. The molecule has 0 aliphatic heterocycles. The van der Waals surface area contributed by atoms with Gasteiger partial charge in [-0.1, -0.05) is 18.2 Å². The Morgan fingerprint density at radius 3 is 2.32 bits per heavy atom. The minimum Gasteiger partial charge on any atom is -0.338 e. The van der Waals surface area contributed by atoms with E-state index in [1.54, 1.807) is 72.5 Å². The zero-order valence-corrected chi connectivity index (χ0v) is 39.3. The van der Waals surface area contributed by atoms with Crippen molar-refractivity contribution in [3.05, 3.63) is 162 Å². The van der Waals surface area contributed by atoms with E-state index in [0.29, 0.717) is 96.7 Å². The average Bonchev–Trinajstić information content (AvgIpc) is 3.78. The summed E-state index contributed by atoms with van der Waals surface area (Å²) in [5, 5.41) is 31.4. The van der Waals surface area contributed by atoms with Crippen LogP contribution in [0.3, 0.4) is 0 Å². The van der Waals surface area contributed by atoms with Gasteiger partial charge in [-0.05, 0) is 98.5 Å². The summed E-state index contributed by atoms with van der Waals surface area (Å²) in [5.74, 6) is -0.130. The number of H-pyrrole nitrogens is 2. The third-order valence-electron chi connectivity index (χ3n) is 12.6. The molecular weight excluding hydrogens is 966 g/mol. The van der Waals surface area contributed by atoms with Crippen molar-refractivity contribution < 1.29 is 27.3 Å². The Labute approximate surface area is 421 Å². The molecule has 1 aliphatic carbocycles. The average molecular weight is 1000 g/mol. The number of amides is 2. The highest BCUT2D eigenvalue weighted by Gasteiger charge is 2.45. The summed E-state index contributed by atoms with van der Waals surface area (Å²) >= 11 is 0. The molecule has 2 amide bonds. The number of alkyl halides is 3. The number of hydrogen-bond donors (Lipinski definition) is 6. The van der Waals surface area contributed by atoms with Crippen molar-refractivity contribution in [1.82, 2.24) is 54.8 Å². The fourth-order valence-electron chi connectivity index (χ4n) is 8.43. The van der Waals surface area contributed by atoms with Crippen molar-refractivity contribution in [2.45, 2.75) is 38.3 Å². The SMILES string of the molecule is Cc1ccc(NC(=O)c2ccc(C(F)(F)F)c(C#N)n2)cc1Nc1nc(-[n+]2cnc(-c3cccnc3Nc3cc(C(=O)Nc4cccc(C5(C#N)CC5)c4)cnc3C)c3nc[nH]c32)ccc1-c1ncnc2[nH]cnc12. The predicted octanol–water partition coefficient (Wildman–Crippen LogP) is 8.87. The van der Waals surface area contributed by atoms with Gasteiger partial charge in [-0.2, -0.15) is 28.3 Å². The molecule has 20 nitrogen and oxygen atoms in total. The number of carbonyl (C=O) groups is 2. The first kappa shape index (κ1) is 46.8. The predicted molar refractivity (Wildman–Crippen MR) is 267 cm³/mol. The van der Waals surface area contributed by atoms with Crippen molar-refractivity contribution in [2.24, 2.45) is 0 Å². The molecule has 1 saturated carbocycles. The number of aromatic amines is 2. The minimum absolute atomic E-state index is 0.256. The quantitative estimate of drug-likeness (QED) is 0.0623. The lowest BCUT2D eigenvalue weighted by Gasteiger charge is -2.15. The van der Waals surface area contributed by atoms with Gasteiger partial charge in [-0.3, -0.25) is 19.6 Å². The first-order valence-corrected chi connectivity index (χ1v) is 22.9. The lowest BCUT2D eigenvalue weighted by atomic mass is 9.97. The van der Waals surface area contributed by atoms with Gasteiger partial charge in [0.25, 0.3) is 11.8 Å². The van der Waals surface area contributed by atoms with E-state index in [1.807, 2.05) is 31.2 Å². The van der Waals surface area contributed by atoms with Crippen molar-refractivity contribution in [3.8, 4) is 40.5 Å². The molecule has 0 bridgehead atoms. The Kier molecular flexibility index (Phi) is 11.6. The number of nitriles is 2. The number of nitrogens with one attached hydrogen (secondary N) is 6. The maximum Gasteiger partial charge on any atom is 0.419 e. The van der Waals surface area contributed by atoms with E-state index in [9.17, 15) is 33.3 Å². The molecule has 8 heterocycles. The number of halogens is 3. The van der Waals surface area contributed by atoms with Gasteiger partial charge >= 0.3 is 6.18 Å². The van der Waals surface area contributed by atoms with Gasteiger partial charge in [0.1, 0.15) is 41.4 Å². The molecule has 0 saturated heterocycles. The smallest absolute Gasteiger partial charge is 0.338 e. The normalized spacial score (nSPS) is 12.7. The van der Waals surface area contributed by atoms with Crippen molar-refractivity contribution >= 4 is 68.5 Å². The molecule has 1 fully saturated rings. The van der Waals surface area contributed by atoms with Gasteiger partial charge in [-0.25, -0.2) is 29.9 Å². The molecule has 0 spiro atoms. The molecular formula is C52H36F3N18O2+. The van der Waals surface area contributed by atoms with Crippen LogP contribution >= 0.6 is 0 Å². The molecule has 6 N–H and O–H groups in total. The number of aryl methyl sites for hydroxylation is 2. The van der Waals surface area contributed by atoms with Gasteiger partial charge in [0, 0.05) is 35.5 Å². The van der Waals surface area contributed by atoms with E-state index in [2.05, 4.69) is 72.2 Å². The first-order valence-electron chi connectivity index (χ1n) is 22.9. The summed E-state index contributed by atoms with van der Waals surface area (Å²) in [5.41, 5.74) is 5.17. The lowest BCUT2D eigenvalue weighted by molar-refractivity contribution is -0.576. The van der Waals surface area contributed by atoms with E-state index in [1.165, 1.54) is 31.2 Å². The number of rotatable bonds is 12. The van der Waals surface area contributed by atoms with Crippen LogP contribution in [-0.4, -0.2) is 66.6 Å². The first-order chi connectivity index (χ1) is 36.3. The fourth-order valence-corrected chi connectivity index (χ4v) is 8.43. The van der Waals surface area contributed by atoms with E-state index < -0.39 is 34.4 Å². The Hall–Kier alpha value is -10.6. The zero-order chi connectivity index (χ0) is 52.0. The third kappa shape index (κ3) is 8.97. The van der Waals surface area contributed by atoms with Gasteiger partial charge < -0.3 is 26.3 Å². The number of fused-ring (bicyclic) bond motifs is 2. The van der Waals surface area contributed by atoms with Crippen LogP contribution in [0.5, 0.6) is 0 Å². The number of aromatic nitrogens is 12. The Morgan fingerprint density at radius 2 is 1.51 bits per heavy atom. The molecule has 11 rings (SSSR count). The molecule has 366 valence electrons. The standard InChI is InChI=1S/C52H35F3N18O2/c1-27-8-9-32(68-50(75)36-12-11-35(52(53,54)55)39(20-56)69-36)19-37(27)70-46-34(41-43-47(63-23-60-41)64-24-61-43)10-13-40(72-46)73-26-66-42(44-48(73)65-25-62-44)33-7-4-16-58-45(33)71-38-17-29(21-59-28(38)2)49(74)67-31-6-3-5-30(18-31)51(22-57)14-15-51/h3-13,16-19,21,23-26H,14-15H2,1-2H3,(H5,58,60,61,62,63,64,65,67,68,69,70,71,72,74,75)/p+1. The second-order valence-electron chi connectivity index (χ2n) is 17.4. The molecule has 75 heavy (non-hydrogen) atoms. The maximum atomic E-state index is 13.6. The lowest BCUT2D eigenvalue weighted by Crippen LogP contribution is -2.34. The molecule has 2 aromatic carbocycles. The van der Waals surface area contributed by atoms with Crippen LogP contribution in [0, 0.1) is 36.5 Å². The molecule has 0 atom stereocenters. The molecule has 10 aromatic rings. The number of pyridine rings is 4. The Morgan fingerprint density at radius 1 is 0.733 bits per heavy atom. The van der Waals surface area contributed by atoms with E-state index in [0.717, 1.165) is 30.0 Å². The summed E-state index contributed by atoms with van der Waals surface area (Å²) in [6.07, 6.45) is 5.84. The van der Waals surface area contributed by atoms with Crippen LogP contribution in [0.1, 0.15) is 61.8 Å². The number of carbonyl (C=O) groups excluding carboxylic acids is 2. The van der Waals surface area contributed by atoms with Crippen LogP contribution < -0.4 is 25.8 Å². The highest BCUT2D eigenvalue weighted by Crippen LogP contribution is 2.48. The summed E-state index contributed by atoms with van der Waals surface area (Å²) in [7, 11) is 0. The number of anilines is 6. The van der Waals surface area contributed by atoms with Crippen LogP contribution in [-0.2, 0) is 11.6 Å². The van der Waals surface area contributed by atoms with E-state index in [4.69, 9.17) is 9.97 Å². The van der Waals surface area contributed by atoms with Crippen molar-refractivity contribution in [3.63, 3.8) is 0 Å². The highest BCUT2D eigenvalue weighted by atomic mass is 19.4. The second kappa shape index (κ2) is 18.6. The van der Waals surface area contributed by atoms with Gasteiger partial charge in [0.05, 0.1) is 51.4 Å². The molecule has 0 unspecified atom stereocenters. The molecule has 1 aliphatic rings. The largest absolute Gasteiger partial charge is 0.419 e. The van der Waals surface area contributed by atoms with Crippen LogP contribution in [0.2, 0.25) is 0 Å². The molecule has 0 radical (unpaired) electrons. The fraction of sp³-hybridized carbons (Fsp3) is 0.115. The van der Waals surface area contributed by atoms with Gasteiger partial charge in [0.2, 0.25) is 17.8 Å². The summed E-state index contributed by atoms with van der Waals surface area (Å²) < 4.78 is 42.1. The topological polar surface area (TPSA) is 281 Å². The van der Waals surface area contributed by atoms with Crippen LogP contribution in [0.4, 0.5) is 47.6 Å². The maximum absolute atomic E-state index is 13.6. The minimum atomic E-state index is -4.83. The van der Waals surface area contributed by atoms with Gasteiger partial charge in [-0.15, -0.1) is 9.97 Å². The number of hydrogen-bond acceptors (Lipinski definition) is 15. The zero-order valence-electron chi connectivity index (χ0n) is 39.3. The Balaban J connectivity index is 0.908.